The summed E-state index contributed by atoms with van der Waals surface area (Å²) in [7, 11) is 0. The minimum Gasteiger partial charge on any atom is -0.375 e. The summed E-state index contributed by atoms with van der Waals surface area (Å²) in [4.78, 5) is 0. The van der Waals surface area contributed by atoms with Crippen LogP contribution in [0.3, 0.4) is 0 Å². The predicted molar refractivity (Wildman–Crippen MR) is 50.7 cm³/mol. The van der Waals surface area contributed by atoms with Crippen LogP contribution < -0.4 is 5.32 Å². The Kier molecular flexibility index (Phi) is 3.43. The first-order chi connectivity index (χ1) is 6.92. The maximum absolute atomic E-state index is 11.9. The molecule has 0 aliphatic heterocycles. The number of hydrogen-bond donors (Lipinski definition) is 1. The lowest BCUT2D eigenvalue weighted by Crippen LogP contribution is -2.21. The van der Waals surface area contributed by atoms with Gasteiger partial charge in [-0.05, 0) is 18.2 Å². The molecule has 1 N–H and O–H groups in total. The number of halogens is 4. The fraction of sp³-hybridized carbons (Fsp3) is 0.222. The van der Waals surface area contributed by atoms with Gasteiger partial charge in [0.25, 0.3) is 0 Å². The third-order valence-electron chi connectivity index (χ3n) is 1.58. The van der Waals surface area contributed by atoms with Crippen LogP contribution in [0.25, 0.3) is 0 Å². The van der Waals surface area contributed by atoms with Gasteiger partial charge in [-0.25, -0.2) is 0 Å². The van der Waals surface area contributed by atoms with Gasteiger partial charge in [0.05, 0.1) is 11.3 Å². The molecule has 0 unspecified atom stereocenters. The van der Waals surface area contributed by atoms with Crippen molar-refractivity contribution in [3.05, 3.63) is 28.8 Å². The molecule has 15 heavy (non-hydrogen) atoms. The van der Waals surface area contributed by atoms with Crippen molar-refractivity contribution >= 4 is 17.3 Å². The van der Waals surface area contributed by atoms with Gasteiger partial charge in [-0.2, -0.15) is 18.4 Å². The van der Waals surface area contributed by atoms with E-state index in [-0.39, 0.29) is 11.3 Å². The van der Waals surface area contributed by atoms with Crippen molar-refractivity contribution in [2.45, 2.75) is 6.18 Å². The van der Waals surface area contributed by atoms with Gasteiger partial charge in [-0.15, -0.1) is 0 Å². The van der Waals surface area contributed by atoms with Crippen LogP contribution in [0.1, 0.15) is 5.56 Å². The van der Waals surface area contributed by atoms with E-state index in [2.05, 4.69) is 5.32 Å². The van der Waals surface area contributed by atoms with Gasteiger partial charge in [-0.1, -0.05) is 11.6 Å². The SMILES string of the molecule is N#Cc1cc(Cl)ccc1NCC(F)(F)F. The first kappa shape index (κ1) is 11.7. The molecular weight excluding hydrogens is 229 g/mol. The third-order valence-corrected chi connectivity index (χ3v) is 1.82. The first-order valence-corrected chi connectivity index (χ1v) is 4.30. The summed E-state index contributed by atoms with van der Waals surface area (Å²) < 4.78 is 35.7. The van der Waals surface area contributed by atoms with Crippen molar-refractivity contribution in [3.8, 4) is 6.07 Å². The van der Waals surface area contributed by atoms with E-state index in [0.717, 1.165) is 0 Å². The molecule has 1 rings (SSSR count). The number of anilines is 1. The lowest BCUT2D eigenvalue weighted by atomic mass is 10.2. The van der Waals surface area contributed by atoms with Crippen molar-refractivity contribution in [1.82, 2.24) is 0 Å². The monoisotopic (exact) mass is 234 g/mol. The maximum atomic E-state index is 11.9. The molecule has 1 aromatic carbocycles. The van der Waals surface area contributed by atoms with E-state index in [9.17, 15) is 13.2 Å². The standard InChI is InChI=1S/C9H6ClF3N2/c10-7-1-2-8(6(3-7)4-14)15-5-9(11,12)13/h1-3,15H,5H2. The Bertz CT molecular complexity index is 395. The van der Waals surface area contributed by atoms with E-state index in [1.165, 1.54) is 18.2 Å². The topological polar surface area (TPSA) is 35.8 Å². The van der Waals surface area contributed by atoms with Crippen LogP contribution in [0.5, 0.6) is 0 Å². The van der Waals surface area contributed by atoms with Crippen molar-refractivity contribution in [2.24, 2.45) is 0 Å². The summed E-state index contributed by atoms with van der Waals surface area (Å²) in [6, 6.07) is 5.82. The number of rotatable bonds is 2. The second kappa shape index (κ2) is 4.41. The fourth-order valence-corrected chi connectivity index (χ4v) is 1.13. The number of nitrogens with one attached hydrogen (secondary N) is 1. The van der Waals surface area contributed by atoms with E-state index in [4.69, 9.17) is 16.9 Å². The number of alkyl halides is 3. The molecular formula is C9H6ClF3N2. The predicted octanol–water partition coefficient (Wildman–Crippen LogP) is 3.19. The number of nitriles is 1. The van der Waals surface area contributed by atoms with Crippen LogP contribution in [0.4, 0.5) is 18.9 Å². The molecule has 0 saturated carbocycles. The van der Waals surface area contributed by atoms with Gasteiger partial charge in [-0.3, -0.25) is 0 Å². The van der Waals surface area contributed by atoms with Gasteiger partial charge in [0.15, 0.2) is 0 Å². The van der Waals surface area contributed by atoms with Gasteiger partial charge >= 0.3 is 6.18 Å². The van der Waals surface area contributed by atoms with E-state index < -0.39 is 12.7 Å². The average molecular weight is 235 g/mol. The molecule has 0 aromatic heterocycles. The molecule has 1 aromatic rings. The molecule has 0 atom stereocenters. The molecule has 0 aliphatic rings. The lowest BCUT2D eigenvalue weighted by Gasteiger charge is -2.10. The van der Waals surface area contributed by atoms with Gasteiger partial charge in [0, 0.05) is 5.02 Å². The molecule has 0 heterocycles. The Balaban J connectivity index is 2.82. The van der Waals surface area contributed by atoms with E-state index in [1.54, 1.807) is 6.07 Å². The zero-order valence-electron chi connectivity index (χ0n) is 7.40. The van der Waals surface area contributed by atoms with Crippen LogP contribution in [0.15, 0.2) is 18.2 Å². The first-order valence-electron chi connectivity index (χ1n) is 3.92. The van der Waals surface area contributed by atoms with Crippen LogP contribution in [-0.2, 0) is 0 Å². The molecule has 80 valence electrons. The minimum absolute atomic E-state index is 0.0896. The maximum Gasteiger partial charge on any atom is 0.405 e. The van der Waals surface area contributed by atoms with E-state index in [0.29, 0.717) is 5.02 Å². The zero-order chi connectivity index (χ0) is 11.5. The molecule has 0 spiro atoms. The Morgan fingerprint density at radius 2 is 2.07 bits per heavy atom. The van der Waals surface area contributed by atoms with E-state index in [1.807, 2.05) is 0 Å². The molecule has 0 aliphatic carbocycles. The van der Waals surface area contributed by atoms with Crippen molar-refractivity contribution in [1.29, 1.82) is 5.26 Å². The molecule has 0 radical (unpaired) electrons. The van der Waals surface area contributed by atoms with Crippen LogP contribution >= 0.6 is 11.6 Å². The van der Waals surface area contributed by atoms with E-state index >= 15 is 0 Å². The fourth-order valence-electron chi connectivity index (χ4n) is 0.959. The largest absolute Gasteiger partial charge is 0.405 e. The second-order valence-corrected chi connectivity index (χ2v) is 3.21. The minimum atomic E-state index is -4.31. The molecule has 0 fully saturated rings. The van der Waals surface area contributed by atoms with Crippen LogP contribution in [0, 0.1) is 11.3 Å². The van der Waals surface area contributed by atoms with Crippen molar-refractivity contribution < 1.29 is 13.2 Å². The molecule has 0 amide bonds. The summed E-state index contributed by atoms with van der Waals surface area (Å²) in [6.07, 6.45) is -4.31. The summed E-state index contributed by atoms with van der Waals surface area (Å²) in [5, 5.41) is 11.1. The van der Waals surface area contributed by atoms with Crippen molar-refractivity contribution in [2.75, 3.05) is 11.9 Å². The quantitative estimate of drug-likeness (QED) is 0.853. The number of hydrogen-bond acceptors (Lipinski definition) is 2. The highest BCUT2D eigenvalue weighted by molar-refractivity contribution is 6.30. The van der Waals surface area contributed by atoms with Gasteiger partial charge in [0.2, 0.25) is 0 Å². The average Bonchev–Trinajstić information content (AvgIpc) is 2.14. The summed E-state index contributed by atoms with van der Waals surface area (Å²) >= 11 is 5.58. The van der Waals surface area contributed by atoms with Crippen LogP contribution in [0.2, 0.25) is 5.02 Å². The van der Waals surface area contributed by atoms with Gasteiger partial charge in [0.1, 0.15) is 12.6 Å². The lowest BCUT2D eigenvalue weighted by molar-refractivity contribution is -0.115. The van der Waals surface area contributed by atoms with Crippen LogP contribution in [-0.4, -0.2) is 12.7 Å². The smallest absolute Gasteiger partial charge is 0.375 e. The molecule has 6 heteroatoms. The Morgan fingerprint density at radius 1 is 1.40 bits per heavy atom. The number of benzene rings is 1. The van der Waals surface area contributed by atoms with Gasteiger partial charge < -0.3 is 5.32 Å². The molecule has 0 bridgehead atoms. The highest BCUT2D eigenvalue weighted by atomic mass is 35.5. The Labute approximate surface area is 89.3 Å². The normalized spacial score (nSPS) is 10.9. The highest BCUT2D eigenvalue weighted by Crippen LogP contribution is 2.22. The molecule has 0 saturated heterocycles. The summed E-state index contributed by atoms with van der Waals surface area (Å²) in [6.45, 7) is -1.18. The zero-order valence-corrected chi connectivity index (χ0v) is 8.15. The summed E-state index contributed by atoms with van der Waals surface area (Å²) in [5.74, 6) is 0. The number of nitrogens with zero attached hydrogens (tertiary/aromatic N) is 1. The molecule has 2 nitrogen and oxygen atoms in total. The Hall–Kier alpha value is -1.41. The van der Waals surface area contributed by atoms with Crippen molar-refractivity contribution in [3.63, 3.8) is 0 Å². The third kappa shape index (κ3) is 3.68. The summed E-state index contributed by atoms with van der Waals surface area (Å²) in [5.41, 5.74) is 0.214. The highest BCUT2D eigenvalue weighted by Gasteiger charge is 2.26. The Morgan fingerprint density at radius 3 is 2.60 bits per heavy atom. The second-order valence-electron chi connectivity index (χ2n) is 2.77.